The Kier molecular flexibility index (Phi) is 3.64. The van der Waals surface area contributed by atoms with E-state index in [-0.39, 0.29) is 12.0 Å². The molecule has 2 aromatic carbocycles. The minimum absolute atomic E-state index is 0.0624. The molecule has 1 atom stereocenters. The summed E-state index contributed by atoms with van der Waals surface area (Å²) in [5, 5.41) is 10.3. The smallest absolute Gasteiger partial charge is 0.129 e. The summed E-state index contributed by atoms with van der Waals surface area (Å²) in [4.78, 5) is 2.15. The van der Waals surface area contributed by atoms with E-state index >= 15 is 0 Å². The van der Waals surface area contributed by atoms with Crippen LogP contribution in [0.15, 0.2) is 36.4 Å². The quantitative estimate of drug-likeness (QED) is 0.937. The van der Waals surface area contributed by atoms with Crippen molar-refractivity contribution >= 4 is 5.69 Å². The van der Waals surface area contributed by atoms with E-state index in [2.05, 4.69) is 4.90 Å². The van der Waals surface area contributed by atoms with Crippen LogP contribution in [0.25, 0.3) is 0 Å². The lowest BCUT2D eigenvalue weighted by Crippen LogP contribution is -2.12. The average molecular weight is 289 g/mol. The van der Waals surface area contributed by atoms with Crippen LogP contribution in [-0.4, -0.2) is 18.7 Å². The first-order chi connectivity index (χ1) is 10.1. The zero-order chi connectivity index (χ0) is 15.0. The summed E-state index contributed by atoms with van der Waals surface area (Å²) in [7, 11) is 2.02. The van der Waals surface area contributed by atoms with Crippen LogP contribution >= 0.6 is 0 Å². The molecule has 1 unspecified atom stereocenters. The van der Waals surface area contributed by atoms with E-state index < -0.39 is 17.7 Å². The van der Waals surface area contributed by atoms with Gasteiger partial charge in [0.1, 0.15) is 11.6 Å². The number of anilines is 1. The molecule has 0 bridgehead atoms. The molecule has 21 heavy (non-hydrogen) atoms. The first kappa shape index (κ1) is 14.0. The number of hydrogen-bond acceptors (Lipinski definition) is 2. The Morgan fingerprint density at radius 1 is 1.19 bits per heavy atom. The van der Waals surface area contributed by atoms with Crippen molar-refractivity contribution in [3.05, 3.63) is 64.7 Å². The maximum atomic E-state index is 13.6. The van der Waals surface area contributed by atoms with Gasteiger partial charge in [-0.2, -0.15) is 0 Å². The lowest BCUT2D eigenvalue weighted by molar-refractivity contribution is 0.175. The van der Waals surface area contributed by atoms with E-state index in [1.54, 1.807) is 0 Å². The highest BCUT2D eigenvalue weighted by atomic mass is 19.1. The minimum Gasteiger partial charge on any atom is -0.388 e. The van der Waals surface area contributed by atoms with Crippen molar-refractivity contribution in [2.75, 3.05) is 18.5 Å². The number of rotatable bonds is 3. The van der Waals surface area contributed by atoms with E-state index in [1.165, 1.54) is 23.8 Å². The van der Waals surface area contributed by atoms with Crippen LogP contribution in [0.2, 0.25) is 0 Å². The number of benzene rings is 2. The summed E-state index contributed by atoms with van der Waals surface area (Å²) in [6.07, 6.45) is -0.0410. The van der Waals surface area contributed by atoms with Gasteiger partial charge in [-0.05, 0) is 35.7 Å². The highest BCUT2D eigenvalue weighted by Crippen LogP contribution is 2.30. The van der Waals surface area contributed by atoms with Gasteiger partial charge < -0.3 is 10.0 Å². The Labute approximate surface area is 122 Å². The van der Waals surface area contributed by atoms with Crippen molar-refractivity contribution in [2.45, 2.75) is 18.9 Å². The standard InChI is InChI=1S/C17H17F2NO/c1-20-8-7-11-9-12(5-6-16(11)20)17(21)10-13-14(18)3-2-4-15(13)19/h2-6,9,17,21H,7-8,10H2,1H3. The van der Waals surface area contributed by atoms with Gasteiger partial charge in [0.15, 0.2) is 0 Å². The van der Waals surface area contributed by atoms with Gasteiger partial charge in [-0.1, -0.05) is 18.2 Å². The molecule has 1 heterocycles. The largest absolute Gasteiger partial charge is 0.388 e. The molecule has 0 fully saturated rings. The highest BCUT2D eigenvalue weighted by molar-refractivity contribution is 5.58. The molecule has 0 aromatic heterocycles. The molecule has 2 aromatic rings. The zero-order valence-corrected chi connectivity index (χ0v) is 11.8. The number of hydrogen-bond donors (Lipinski definition) is 1. The molecule has 0 amide bonds. The van der Waals surface area contributed by atoms with Gasteiger partial charge in [0.25, 0.3) is 0 Å². The highest BCUT2D eigenvalue weighted by Gasteiger charge is 2.19. The van der Waals surface area contributed by atoms with Gasteiger partial charge in [-0.3, -0.25) is 0 Å². The van der Waals surface area contributed by atoms with Gasteiger partial charge in [0.2, 0.25) is 0 Å². The van der Waals surface area contributed by atoms with Crippen LogP contribution in [0.4, 0.5) is 14.5 Å². The van der Waals surface area contributed by atoms with Crippen LogP contribution in [0.5, 0.6) is 0 Å². The molecule has 3 rings (SSSR count). The fourth-order valence-corrected chi connectivity index (χ4v) is 2.83. The van der Waals surface area contributed by atoms with E-state index in [0.717, 1.165) is 18.7 Å². The van der Waals surface area contributed by atoms with Crippen molar-refractivity contribution in [1.82, 2.24) is 0 Å². The van der Waals surface area contributed by atoms with E-state index in [0.29, 0.717) is 5.56 Å². The lowest BCUT2D eigenvalue weighted by Gasteiger charge is -2.15. The maximum Gasteiger partial charge on any atom is 0.129 e. The monoisotopic (exact) mass is 289 g/mol. The van der Waals surface area contributed by atoms with E-state index in [4.69, 9.17) is 0 Å². The van der Waals surface area contributed by atoms with Crippen molar-refractivity contribution in [3.63, 3.8) is 0 Å². The maximum absolute atomic E-state index is 13.6. The van der Waals surface area contributed by atoms with Crippen molar-refractivity contribution in [1.29, 1.82) is 0 Å². The predicted octanol–water partition coefficient (Wildman–Crippen LogP) is 3.23. The Hall–Kier alpha value is -1.94. The van der Waals surface area contributed by atoms with Crippen molar-refractivity contribution < 1.29 is 13.9 Å². The topological polar surface area (TPSA) is 23.5 Å². The molecule has 4 heteroatoms. The van der Waals surface area contributed by atoms with Gasteiger partial charge in [-0.25, -0.2) is 8.78 Å². The van der Waals surface area contributed by atoms with Crippen LogP contribution in [-0.2, 0) is 12.8 Å². The molecule has 1 N–H and O–H groups in total. The first-order valence-corrected chi connectivity index (χ1v) is 7.01. The van der Waals surface area contributed by atoms with Gasteiger partial charge in [0, 0.05) is 31.3 Å². The second-order valence-electron chi connectivity index (χ2n) is 5.48. The summed E-state index contributed by atoms with van der Waals surface area (Å²) >= 11 is 0. The third-order valence-electron chi connectivity index (χ3n) is 4.08. The predicted molar refractivity (Wildman–Crippen MR) is 78.4 cm³/mol. The number of aliphatic hydroxyl groups excluding tert-OH is 1. The fraction of sp³-hybridized carbons (Fsp3) is 0.294. The molecule has 110 valence electrons. The molecular weight excluding hydrogens is 272 g/mol. The number of aliphatic hydroxyl groups is 1. The molecular formula is C17H17F2NO. The Morgan fingerprint density at radius 2 is 1.90 bits per heavy atom. The Morgan fingerprint density at radius 3 is 2.62 bits per heavy atom. The minimum atomic E-state index is -0.910. The molecule has 2 nitrogen and oxygen atoms in total. The Bertz CT molecular complexity index is 652. The van der Waals surface area contributed by atoms with Crippen LogP contribution in [0, 0.1) is 11.6 Å². The van der Waals surface area contributed by atoms with E-state index in [1.807, 2.05) is 25.2 Å². The SMILES string of the molecule is CN1CCc2cc(C(O)Cc3c(F)cccc3F)ccc21. The Balaban J connectivity index is 1.85. The van der Waals surface area contributed by atoms with Crippen molar-refractivity contribution in [3.8, 4) is 0 Å². The van der Waals surface area contributed by atoms with Gasteiger partial charge in [-0.15, -0.1) is 0 Å². The summed E-state index contributed by atoms with van der Waals surface area (Å²) in [6, 6.07) is 9.46. The van der Waals surface area contributed by atoms with Gasteiger partial charge in [0.05, 0.1) is 6.10 Å². The number of halogens is 2. The summed E-state index contributed by atoms with van der Waals surface area (Å²) in [6.45, 7) is 0.955. The molecule has 1 aliphatic heterocycles. The van der Waals surface area contributed by atoms with Crippen molar-refractivity contribution in [2.24, 2.45) is 0 Å². The molecule has 0 saturated heterocycles. The second kappa shape index (κ2) is 5.45. The molecule has 0 saturated carbocycles. The summed E-state index contributed by atoms with van der Waals surface area (Å²) in [5.41, 5.74) is 2.96. The summed E-state index contributed by atoms with van der Waals surface area (Å²) in [5.74, 6) is -1.23. The number of nitrogens with zero attached hydrogens (tertiary/aromatic N) is 1. The average Bonchev–Trinajstić information content (AvgIpc) is 2.84. The normalized spacial score (nSPS) is 15.1. The van der Waals surface area contributed by atoms with Crippen LogP contribution < -0.4 is 4.90 Å². The van der Waals surface area contributed by atoms with E-state index in [9.17, 15) is 13.9 Å². The third-order valence-corrected chi connectivity index (χ3v) is 4.08. The molecule has 1 aliphatic rings. The molecule has 0 spiro atoms. The second-order valence-corrected chi connectivity index (χ2v) is 5.48. The van der Waals surface area contributed by atoms with Crippen LogP contribution in [0.1, 0.15) is 22.8 Å². The third kappa shape index (κ3) is 2.63. The lowest BCUT2D eigenvalue weighted by atomic mass is 9.98. The number of likely N-dealkylation sites (N-methyl/N-ethyl adjacent to an activating group) is 1. The first-order valence-electron chi connectivity index (χ1n) is 7.01. The number of fused-ring (bicyclic) bond motifs is 1. The fourth-order valence-electron chi connectivity index (χ4n) is 2.83. The molecule has 0 aliphatic carbocycles. The van der Waals surface area contributed by atoms with Gasteiger partial charge >= 0.3 is 0 Å². The van der Waals surface area contributed by atoms with Crippen LogP contribution in [0.3, 0.4) is 0 Å². The zero-order valence-electron chi connectivity index (χ0n) is 11.8. The molecule has 0 radical (unpaired) electrons. The summed E-state index contributed by atoms with van der Waals surface area (Å²) < 4.78 is 27.3.